The van der Waals surface area contributed by atoms with E-state index >= 15 is 0 Å². The second-order valence-electron chi connectivity index (χ2n) is 6.20. The molecule has 0 radical (unpaired) electrons. The molecule has 0 aromatic heterocycles. The Balaban J connectivity index is 2.02. The molecule has 1 fully saturated rings. The van der Waals surface area contributed by atoms with E-state index in [0.717, 1.165) is 11.1 Å². The van der Waals surface area contributed by atoms with Gasteiger partial charge in [0.05, 0.1) is 19.4 Å². The predicted octanol–water partition coefficient (Wildman–Crippen LogP) is 2.80. The molecule has 120 valence electrons. The molecule has 0 unspecified atom stereocenters. The molecule has 1 aromatic rings. The molecule has 0 bridgehead atoms. The highest BCUT2D eigenvalue weighted by atomic mass is 16.6. The third-order valence-corrected chi connectivity index (χ3v) is 3.23. The van der Waals surface area contributed by atoms with Crippen molar-refractivity contribution in [2.45, 2.75) is 32.5 Å². The third-order valence-electron chi connectivity index (χ3n) is 3.23. The molecule has 1 aliphatic heterocycles. The number of hydrogen-bond acceptors (Lipinski definition) is 5. The minimum absolute atomic E-state index is 0.179. The largest absolute Gasteiger partial charge is 0.444 e. The summed E-state index contributed by atoms with van der Waals surface area (Å²) in [7, 11) is 0. The number of ether oxygens (including phenoxy) is 2. The van der Waals surface area contributed by atoms with Gasteiger partial charge in [-0.1, -0.05) is 29.4 Å². The molecular weight excluding hydrogens is 284 g/mol. The summed E-state index contributed by atoms with van der Waals surface area (Å²) in [6, 6.07) is 7.48. The Hall–Kier alpha value is -2.08. The molecule has 6 heteroatoms. The van der Waals surface area contributed by atoms with Crippen molar-refractivity contribution in [1.82, 2.24) is 4.90 Å². The van der Waals surface area contributed by atoms with Crippen molar-refractivity contribution >= 4 is 12.3 Å². The van der Waals surface area contributed by atoms with Gasteiger partial charge in [0.25, 0.3) is 0 Å². The summed E-state index contributed by atoms with van der Waals surface area (Å²) in [6.07, 6.45) is 0.865. The standard InChI is InChI=1S/C16H22N2O4/c1-16(2,3)22-15(19)18-8-9-21-14(11-18)13-6-4-12(5-7-13)10-17-20/h4-7,10,14,20H,8-9,11H2,1-3H3/b17-10-/t14-/m0/s1. The fourth-order valence-corrected chi connectivity index (χ4v) is 2.21. The minimum Gasteiger partial charge on any atom is -0.444 e. The lowest BCUT2D eigenvalue weighted by Gasteiger charge is -2.34. The Morgan fingerprint density at radius 1 is 1.41 bits per heavy atom. The molecule has 2 rings (SSSR count). The van der Waals surface area contributed by atoms with E-state index in [-0.39, 0.29) is 12.2 Å². The number of oxime groups is 1. The Morgan fingerprint density at radius 2 is 2.09 bits per heavy atom. The van der Waals surface area contributed by atoms with Crippen molar-refractivity contribution in [3.63, 3.8) is 0 Å². The van der Waals surface area contributed by atoms with E-state index in [1.807, 2.05) is 45.0 Å². The van der Waals surface area contributed by atoms with Gasteiger partial charge in [0.1, 0.15) is 11.7 Å². The maximum absolute atomic E-state index is 12.1. The third kappa shape index (κ3) is 4.46. The number of amides is 1. The number of carbonyl (C=O) groups excluding carboxylic acids is 1. The second kappa shape index (κ2) is 6.79. The summed E-state index contributed by atoms with van der Waals surface area (Å²) in [5.74, 6) is 0. The molecular formula is C16H22N2O4. The van der Waals surface area contributed by atoms with E-state index in [2.05, 4.69) is 5.16 Å². The van der Waals surface area contributed by atoms with Crippen LogP contribution in [0.4, 0.5) is 4.79 Å². The first kappa shape index (κ1) is 16.3. The van der Waals surface area contributed by atoms with Crippen molar-refractivity contribution in [2.24, 2.45) is 5.16 Å². The topological polar surface area (TPSA) is 71.4 Å². The van der Waals surface area contributed by atoms with Crippen molar-refractivity contribution in [3.05, 3.63) is 35.4 Å². The Morgan fingerprint density at radius 3 is 2.68 bits per heavy atom. The molecule has 1 amide bonds. The maximum atomic E-state index is 12.1. The average Bonchev–Trinajstić information content (AvgIpc) is 2.47. The zero-order valence-electron chi connectivity index (χ0n) is 13.2. The first-order chi connectivity index (χ1) is 10.4. The van der Waals surface area contributed by atoms with Gasteiger partial charge in [0.2, 0.25) is 0 Å². The quantitative estimate of drug-likeness (QED) is 0.518. The van der Waals surface area contributed by atoms with Gasteiger partial charge in [-0.2, -0.15) is 0 Å². The molecule has 1 N–H and O–H groups in total. The van der Waals surface area contributed by atoms with Crippen molar-refractivity contribution in [3.8, 4) is 0 Å². The SMILES string of the molecule is CC(C)(C)OC(=O)N1CCO[C@H](c2ccc(/C=N\O)cc2)C1. The van der Waals surface area contributed by atoms with E-state index < -0.39 is 5.60 Å². The fourth-order valence-electron chi connectivity index (χ4n) is 2.21. The molecule has 6 nitrogen and oxygen atoms in total. The monoisotopic (exact) mass is 306 g/mol. The highest BCUT2D eigenvalue weighted by Crippen LogP contribution is 2.23. The summed E-state index contributed by atoms with van der Waals surface area (Å²) >= 11 is 0. The number of nitrogens with zero attached hydrogens (tertiary/aromatic N) is 2. The summed E-state index contributed by atoms with van der Waals surface area (Å²) in [5.41, 5.74) is 1.27. The van der Waals surface area contributed by atoms with Crippen LogP contribution >= 0.6 is 0 Å². The molecule has 1 aromatic carbocycles. The summed E-state index contributed by atoms with van der Waals surface area (Å²) in [5, 5.41) is 11.5. The van der Waals surface area contributed by atoms with Crippen molar-refractivity contribution in [2.75, 3.05) is 19.7 Å². The van der Waals surface area contributed by atoms with E-state index in [4.69, 9.17) is 14.7 Å². The van der Waals surface area contributed by atoms with Gasteiger partial charge in [0.15, 0.2) is 0 Å². The maximum Gasteiger partial charge on any atom is 0.410 e. The lowest BCUT2D eigenvalue weighted by molar-refractivity contribution is -0.0432. The van der Waals surface area contributed by atoms with Gasteiger partial charge in [0, 0.05) is 6.54 Å². The smallest absolute Gasteiger partial charge is 0.410 e. The van der Waals surface area contributed by atoms with Crippen LogP contribution in [0.1, 0.15) is 38.0 Å². The van der Waals surface area contributed by atoms with Crippen LogP contribution in [-0.2, 0) is 9.47 Å². The lowest BCUT2D eigenvalue weighted by Crippen LogP contribution is -2.44. The summed E-state index contributed by atoms with van der Waals surface area (Å²) < 4.78 is 11.1. The van der Waals surface area contributed by atoms with E-state index in [0.29, 0.717) is 19.7 Å². The summed E-state index contributed by atoms with van der Waals surface area (Å²) in [4.78, 5) is 13.8. The average molecular weight is 306 g/mol. The van der Waals surface area contributed by atoms with Gasteiger partial charge in [-0.25, -0.2) is 4.79 Å². The van der Waals surface area contributed by atoms with E-state index in [1.54, 1.807) is 4.90 Å². The van der Waals surface area contributed by atoms with Gasteiger partial charge in [-0.05, 0) is 31.9 Å². The lowest BCUT2D eigenvalue weighted by atomic mass is 10.1. The van der Waals surface area contributed by atoms with Crippen LogP contribution in [0.2, 0.25) is 0 Å². The first-order valence-electron chi connectivity index (χ1n) is 7.26. The first-order valence-corrected chi connectivity index (χ1v) is 7.26. The summed E-state index contributed by atoms with van der Waals surface area (Å²) in [6.45, 7) is 7.02. The fraction of sp³-hybridized carbons (Fsp3) is 0.500. The predicted molar refractivity (Wildman–Crippen MR) is 82.3 cm³/mol. The molecule has 0 saturated carbocycles. The van der Waals surface area contributed by atoms with Crippen LogP contribution < -0.4 is 0 Å². The molecule has 1 aliphatic rings. The molecule has 1 heterocycles. The van der Waals surface area contributed by atoms with Gasteiger partial charge >= 0.3 is 6.09 Å². The zero-order chi connectivity index (χ0) is 16.2. The van der Waals surface area contributed by atoms with E-state index in [1.165, 1.54) is 6.21 Å². The van der Waals surface area contributed by atoms with Gasteiger partial charge in [-0.15, -0.1) is 0 Å². The van der Waals surface area contributed by atoms with Crippen LogP contribution in [0.15, 0.2) is 29.4 Å². The van der Waals surface area contributed by atoms with Gasteiger partial charge in [-0.3, -0.25) is 0 Å². The number of carbonyl (C=O) groups is 1. The molecule has 0 spiro atoms. The molecule has 0 aliphatic carbocycles. The normalized spacial score (nSPS) is 19.4. The number of rotatable bonds is 2. The number of benzene rings is 1. The van der Waals surface area contributed by atoms with Crippen molar-refractivity contribution in [1.29, 1.82) is 0 Å². The van der Waals surface area contributed by atoms with Crippen LogP contribution in [0.3, 0.4) is 0 Å². The van der Waals surface area contributed by atoms with Crippen molar-refractivity contribution < 1.29 is 19.5 Å². The Kier molecular flexibility index (Phi) is 5.03. The highest BCUT2D eigenvalue weighted by Gasteiger charge is 2.28. The zero-order valence-corrected chi connectivity index (χ0v) is 13.2. The second-order valence-corrected chi connectivity index (χ2v) is 6.20. The van der Waals surface area contributed by atoms with Crippen LogP contribution in [0, 0.1) is 0 Å². The molecule has 1 atom stereocenters. The Bertz CT molecular complexity index is 534. The number of hydrogen-bond donors (Lipinski definition) is 1. The molecule has 1 saturated heterocycles. The minimum atomic E-state index is -0.504. The van der Waals surface area contributed by atoms with Crippen LogP contribution in [-0.4, -0.2) is 47.7 Å². The highest BCUT2D eigenvalue weighted by molar-refractivity contribution is 5.79. The van der Waals surface area contributed by atoms with E-state index in [9.17, 15) is 4.79 Å². The van der Waals surface area contributed by atoms with Gasteiger partial charge < -0.3 is 19.6 Å². The number of morpholine rings is 1. The Labute approximate surface area is 130 Å². The van der Waals surface area contributed by atoms with Crippen LogP contribution in [0.5, 0.6) is 0 Å². The molecule has 22 heavy (non-hydrogen) atoms. The van der Waals surface area contributed by atoms with Crippen LogP contribution in [0.25, 0.3) is 0 Å².